The molecule has 0 heterocycles. The van der Waals surface area contributed by atoms with Crippen LogP contribution in [0.3, 0.4) is 0 Å². The van der Waals surface area contributed by atoms with Crippen molar-refractivity contribution in [2.45, 2.75) is 6.92 Å². The van der Waals surface area contributed by atoms with Crippen molar-refractivity contribution in [3.63, 3.8) is 0 Å². The monoisotopic (exact) mass is 212 g/mol. The van der Waals surface area contributed by atoms with Gasteiger partial charge in [-0.05, 0) is 6.92 Å². The molecule has 0 fully saturated rings. The fourth-order valence-corrected chi connectivity index (χ4v) is 0.0833. The van der Waals surface area contributed by atoms with E-state index in [4.69, 9.17) is 5.11 Å². The highest BCUT2D eigenvalue weighted by Crippen LogP contribution is 1.81. The SMILES string of the molecule is C=C(C)C(=O)O.C=C=C.C=CC(=O)OC. The van der Waals surface area contributed by atoms with E-state index in [2.05, 4.69) is 36.8 Å². The van der Waals surface area contributed by atoms with Gasteiger partial charge in [0.05, 0.1) is 7.11 Å². The maximum absolute atomic E-state index is 9.84. The van der Waals surface area contributed by atoms with E-state index in [1.807, 2.05) is 0 Å². The molecule has 0 aromatic carbocycles. The minimum Gasteiger partial charge on any atom is -0.478 e. The maximum atomic E-state index is 9.84. The molecule has 0 unspecified atom stereocenters. The topological polar surface area (TPSA) is 63.6 Å². The van der Waals surface area contributed by atoms with Crippen LogP contribution in [-0.2, 0) is 14.3 Å². The summed E-state index contributed by atoms with van der Waals surface area (Å²) in [5, 5.41) is 7.89. The van der Waals surface area contributed by atoms with Crippen LogP contribution >= 0.6 is 0 Å². The fraction of sp³-hybridized carbons (Fsp3) is 0.182. The quantitative estimate of drug-likeness (QED) is 0.431. The van der Waals surface area contributed by atoms with E-state index in [-0.39, 0.29) is 5.57 Å². The van der Waals surface area contributed by atoms with Crippen molar-refractivity contribution in [3.05, 3.63) is 43.7 Å². The van der Waals surface area contributed by atoms with Gasteiger partial charge in [-0.2, -0.15) is 0 Å². The molecule has 0 rings (SSSR count). The Kier molecular flexibility index (Phi) is 18.0. The highest BCUT2D eigenvalue weighted by atomic mass is 16.5. The fourth-order valence-electron chi connectivity index (χ4n) is 0.0833. The molecule has 84 valence electrons. The van der Waals surface area contributed by atoms with Crippen LogP contribution in [0.15, 0.2) is 43.7 Å². The van der Waals surface area contributed by atoms with Gasteiger partial charge in [-0.3, -0.25) is 0 Å². The van der Waals surface area contributed by atoms with E-state index in [1.165, 1.54) is 14.0 Å². The van der Waals surface area contributed by atoms with Crippen LogP contribution in [0.5, 0.6) is 0 Å². The smallest absolute Gasteiger partial charge is 0.330 e. The van der Waals surface area contributed by atoms with Gasteiger partial charge in [0.15, 0.2) is 0 Å². The molecule has 0 saturated carbocycles. The number of hydrogen-bond donors (Lipinski definition) is 1. The molecule has 15 heavy (non-hydrogen) atoms. The van der Waals surface area contributed by atoms with E-state index in [9.17, 15) is 9.59 Å². The van der Waals surface area contributed by atoms with Gasteiger partial charge in [0, 0.05) is 11.6 Å². The molecular weight excluding hydrogens is 196 g/mol. The lowest BCUT2D eigenvalue weighted by molar-refractivity contribution is -0.135. The Morgan fingerprint density at radius 3 is 1.67 bits per heavy atom. The molecule has 0 saturated heterocycles. The third-order valence-corrected chi connectivity index (χ3v) is 0.733. The molecule has 0 aromatic heterocycles. The molecule has 0 amide bonds. The normalized spacial score (nSPS) is 6.27. The third-order valence-electron chi connectivity index (χ3n) is 0.733. The number of methoxy groups -OCH3 is 1. The number of carbonyl (C=O) groups excluding carboxylic acids is 1. The Labute approximate surface area is 89.9 Å². The number of rotatable bonds is 2. The van der Waals surface area contributed by atoms with Gasteiger partial charge in [0.1, 0.15) is 0 Å². The Morgan fingerprint density at radius 2 is 1.67 bits per heavy atom. The minimum absolute atomic E-state index is 0.176. The number of carboxylic acid groups (broad SMARTS) is 1. The second kappa shape index (κ2) is 14.5. The molecule has 4 nitrogen and oxygen atoms in total. The van der Waals surface area contributed by atoms with E-state index in [0.29, 0.717) is 0 Å². The van der Waals surface area contributed by atoms with Gasteiger partial charge >= 0.3 is 11.9 Å². The number of ether oxygens (including phenoxy) is 1. The van der Waals surface area contributed by atoms with Crippen molar-refractivity contribution in [1.82, 2.24) is 0 Å². The maximum Gasteiger partial charge on any atom is 0.330 e. The first-order chi connectivity index (χ1) is 6.87. The number of carboxylic acids is 1. The highest BCUT2D eigenvalue weighted by molar-refractivity contribution is 5.84. The Bertz CT molecular complexity index is 243. The van der Waals surface area contributed by atoms with Gasteiger partial charge in [-0.1, -0.05) is 26.3 Å². The molecular formula is C11H16O4. The largest absolute Gasteiger partial charge is 0.478 e. The first-order valence-electron chi connectivity index (χ1n) is 3.75. The molecule has 4 heteroatoms. The molecule has 0 spiro atoms. The predicted octanol–water partition coefficient (Wildman–Crippen LogP) is 1.95. The molecule has 0 bridgehead atoms. The summed E-state index contributed by atoms with van der Waals surface area (Å²) in [7, 11) is 1.31. The van der Waals surface area contributed by atoms with Crippen molar-refractivity contribution in [1.29, 1.82) is 0 Å². The highest BCUT2D eigenvalue weighted by Gasteiger charge is 1.90. The lowest BCUT2D eigenvalue weighted by atomic mass is 10.4. The third kappa shape index (κ3) is 33.4. The number of aliphatic carboxylic acids is 1. The van der Waals surface area contributed by atoms with Gasteiger partial charge < -0.3 is 9.84 Å². The summed E-state index contributed by atoms with van der Waals surface area (Å²) >= 11 is 0. The zero-order chi connectivity index (χ0) is 12.9. The van der Waals surface area contributed by atoms with E-state index in [1.54, 1.807) is 0 Å². The molecule has 0 radical (unpaired) electrons. The summed E-state index contributed by atoms with van der Waals surface area (Å²) in [5.74, 6) is -1.33. The van der Waals surface area contributed by atoms with Gasteiger partial charge in [-0.15, -0.1) is 5.73 Å². The van der Waals surface area contributed by atoms with E-state index < -0.39 is 11.9 Å². The molecule has 0 aliphatic carbocycles. The van der Waals surface area contributed by atoms with Crippen LogP contribution in [0, 0.1) is 0 Å². The second-order valence-corrected chi connectivity index (χ2v) is 2.06. The van der Waals surface area contributed by atoms with Crippen LogP contribution in [0.2, 0.25) is 0 Å². The Hall–Kier alpha value is -2.06. The van der Waals surface area contributed by atoms with Crippen molar-refractivity contribution >= 4 is 11.9 Å². The lowest BCUT2D eigenvalue weighted by Crippen LogP contribution is -1.92. The van der Waals surface area contributed by atoms with Crippen LogP contribution in [-0.4, -0.2) is 24.2 Å². The van der Waals surface area contributed by atoms with Gasteiger partial charge in [0.2, 0.25) is 0 Å². The first kappa shape index (κ1) is 18.7. The van der Waals surface area contributed by atoms with Gasteiger partial charge in [0.25, 0.3) is 0 Å². The van der Waals surface area contributed by atoms with Crippen LogP contribution in [0.4, 0.5) is 0 Å². The average molecular weight is 212 g/mol. The minimum atomic E-state index is -0.935. The average Bonchev–Trinajstić information content (AvgIpc) is 2.18. The summed E-state index contributed by atoms with van der Waals surface area (Å²) in [6, 6.07) is 0. The van der Waals surface area contributed by atoms with Crippen molar-refractivity contribution in [2.75, 3.05) is 7.11 Å². The second-order valence-electron chi connectivity index (χ2n) is 2.06. The molecule has 1 N–H and O–H groups in total. The van der Waals surface area contributed by atoms with Crippen LogP contribution < -0.4 is 0 Å². The Morgan fingerprint density at radius 1 is 1.40 bits per heavy atom. The van der Waals surface area contributed by atoms with Crippen molar-refractivity contribution in [3.8, 4) is 0 Å². The van der Waals surface area contributed by atoms with E-state index >= 15 is 0 Å². The summed E-state index contributed by atoms with van der Waals surface area (Å²) in [6.45, 7) is 14.0. The molecule has 0 aliphatic heterocycles. The number of esters is 1. The van der Waals surface area contributed by atoms with Crippen LogP contribution in [0.1, 0.15) is 6.92 Å². The number of hydrogen-bond acceptors (Lipinski definition) is 3. The molecule has 0 aromatic rings. The first-order valence-corrected chi connectivity index (χ1v) is 3.75. The Balaban J connectivity index is -0.000000153. The lowest BCUT2D eigenvalue weighted by Gasteiger charge is -1.83. The summed E-state index contributed by atoms with van der Waals surface area (Å²) in [6.07, 6.45) is 1.11. The molecule has 0 aliphatic rings. The summed E-state index contributed by atoms with van der Waals surface area (Å²) in [4.78, 5) is 19.4. The van der Waals surface area contributed by atoms with Crippen molar-refractivity contribution < 1.29 is 19.4 Å². The zero-order valence-electron chi connectivity index (χ0n) is 9.08. The van der Waals surface area contributed by atoms with E-state index in [0.717, 1.165) is 6.08 Å². The van der Waals surface area contributed by atoms with Gasteiger partial charge in [-0.25, -0.2) is 9.59 Å². The van der Waals surface area contributed by atoms with Crippen LogP contribution in [0.25, 0.3) is 0 Å². The predicted molar refractivity (Wildman–Crippen MR) is 59.4 cm³/mol. The summed E-state index contributed by atoms with van der Waals surface area (Å²) < 4.78 is 4.14. The zero-order valence-corrected chi connectivity index (χ0v) is 9.08. The van der Waals surface area contributed by atoms with Crippen molar-refractivity contribution in [2.24, 2.45) is 0 Å². The number of carbonyl (C=O) groups is 2. The summed E-state index contributed by atoms with van der Waals surface area (Å²) in [5.41, 5.74) is 2.43. The molecule has 0 atom stereocenters. The standard InChI is InChI=1S/2C4H6O2.C3H4/c1-3-4(5)6-2;1-3(2)4(5)6;1-3-2/h3H,1H2,2H3;1H2,2H3,(H,5,6);1-2H2.